The highest BCUT2D eigenvalue weighted by Crippen LogP contribution is 2.32. The van der Waals surface area contributed by atoms with Crippen LogP contribution in [0.4, 0.5) is 0 Å². The minimum atomic E-state index is -0.471. The van der Waals surface area contributed by atoms with E-state index in [-0.39, 0.29) is 20.0 Å². The van der Waals surface area contributed by atoms with Crippen molar-refractivity contribution >= 4 is 11.7 Å². The molecule has 1 aliphatic heterocycles. The molecular weight excluding hydrogens is 310 g/mol. The van der Waals surface area contributed by atoms with Gasteiger partial charge in [-0.25, -0.2) is 4.79 Å². The molecule has 0 aliphatic carbocycles. The largest absolute Gasteiger partial charge is 0.458 e. The Kier molecular flexibility index (Phi) is 4.96. The van der Waals surface area contributed by atoms with Crippen LogP contribution >= 0.6 is 0 Å². The maximum Gasteiger partial charge on any atom is 0.347 e. The molecular formula is C18H17NO5. The third kappa shape index (κ3) is 4.04. The quantitative estimate of drug-likeness (QED) is 0.464. The lowest BCUT2D eigenvalue weighted by Gasteiger charge is -2.05. The summed E-state index contributed by atoms with van der Waals surface area (Å²) in [6, 6.07) is 14.9. The van der Waals surface area contributed by atoms with Crippen molar-refractivity contribution < 1.29 is 23.8 Å². The van der Waals surface area contributed by atoms with Gasteiger partial charge < -0.3 is 19.0 Å². The predicted molar refractivity (Wildman–Crippen MR) is 87.0 cm³/mol. The summed E-state index contributed by atoms with van der Waals surface area (Å²) < 4.78 is 15.7. The van der Waals surface area contributed by atoms with Crippen LogP contribution in [0.3, 0.4) is 0 Å². The molecule has 0 amide bonds. The van der Waals surface area contributed by atoms with Crippen LogP contribution in [0.1, 0.15) is 18.1 Å². The maximum absolute atomic E-state index is 11.6. The average Bonchev–Trinajstić information content (AvgIpc) is 3.08. The minimum Gasteiger partial charge on any atom is -0.458 e. The Morgan fingerprint density at radius 3 is 2.75 bits per heavy atom. The van der Waals surface area contributed by atoms with Gasteiger partial charge in [0.1, 0.15) is 6.61 Å². The van der Waals surface area contributed by atoms with Crippen LogP contribution in [-0.2, 0) is 21.0 Å². The zero-order valence-electron chi connectivity index (χ0n) is 13.2. The van der Waals surface area contributed by atoms with E-state index in [1.807, 2.05) is 48.5 Å². The Hall–Kier alpha value is -3.02. The number of ether oxygens (including phenoxy) is 3. The molecule has 0 fully saturated rings. The van der Waals surface area contributed by atoms with E-state index >= 15 is 0 Å². The Bertz CT molecular complexity index is 742. The molecule has 6 heteroatoms. The first-order valence-corrected chi connectivity index (χ1v) is 7.48. The Labute approximate surface area is 139 Å². The number of carbonyl (C=O) groups excluding carboxylic acids is 1. The highest BCUT2D eigenvalue weighted by atomic mass is 16.7. The van der Waals surface area contributed by atoms with Gasteiger partial charge in [0.15, 0.2) is 11.5 Å². The smallest absolute Gasteiger partial charge is 0.347 e. The molecule has 6 nitrogen and oxygen atoms in total. The van der Waals surface area contributed by atoms with E-state index < -0.39 is 5.97 Å². The summed E-state index contributed by atoms with van der Waals surface area (Å²) >= 11 is 0. The molecule has 0 radical (unpaired) electrons. The standard InChI is InChI=1S/C18H17NO5/c1-13(15-7-8-16-17(9-15)23-12-22-16)19-24-11-18(20)21-10-14-5-3-2-4-6-14/h2-9H,10-12H2,1H3/b19-13+. The molecule has 0 atom stereocenters. The normalized spacial score (nSPS) is 12.8. The molecule has 2 aromatic carbocycles. The minimum absolute atomic E-state index is 0.216. The molecule has 124 valence electrons. The molecule has 24 heavy (non-hydrogen) atoms. The number of oxime groups is 1. The van der Waals surface area contributed by atoms with Gasteiger partial charge in [0.25, 0.3) is 0 Å². The molecule has 1 aliphatic rings. The Morgan fingerprint density at radius 1 is 1.12 bits per heavy atom. The average molecular weight is 327 g/mol. The lowest BCUT2D eigenvalue weighted by Crippen LogP contribution is -2.11. The zero-order chi connectivity index (χ0) is 16.8. The van der Waals surface area contributed by atoms with Gasteiger partial charge in [-0.05, 0) is 30.7 Å². The zero-order valence-corrected chi connectivity index (χ0v) is 13.2. The van der Waals surface area contributed by atoms with Crippen molar-refractivity contribution in [1.82, 2.24) is 0 Å². The summed E-state index contributed by atoms with van der Waals surface area (Å²) in [5.74, 6) is 0.905. The number of carbonyl (C=O) groups is 1. The number of rotatable bonds is 6. The summed E-state index contributed by atoms with van der Waals surface area (Å²) in [6.07, 6.45) is 0. The number of fused-ring (bicyclic) bond motifs is 1. The van der Waals surface area contributed by atoms with E-state index in [1.54, 1.807) is 6.92 Å². The van der Waals surface area contributed by atoms with Crippen molar-refractivity contribution in [2.75, 3.05) is 13.4 Å². The van der Waals surface area contributed by atoms with Crippen molar-refractivity contribution in [3.8, 4) is 11.5 Å². The summed E-state index contributed by atoms with van der Waals surface area (Å²) in [7, 11) is 0. The molecule has 0 bridgehead atoms. The first-order chi connectivity index (χ1) is 11.7. The highest BCUT2D eigenvalue weighted by Gasteiger charge is 2.14. The lowest BCUT2D eigenvalue weighted by atomic mass is 10.1. The van der Waals surface area contributed by atoms with Crippen molar-refractivity contribution in [1.29, 1.82) is 0 Å². The summed E-state index contributed by atoms with van der Waals surface area (Å²) in [6.45, 7) is 1.98. The third-order valence-corrected chi connectivity index (χ3v) is 3.42. The van der Waals surface area contributed by atoms with Gasteiger partial charge in [-0.1, -0.05) is 35.5 Å². The van der Waals surface area contributed by atoms with Gasteiger partial charge in [-0.3, -0.25) is 0 Å². The third-order valence-electron chi connectivity index (χ3n) is 3.42. The first kappa shape index (κ1) is 15.9. The summed E-state index contributed by atoms with van der Waals surface area (Å²) in [4.78, 5) is 16.7. The van der Waals surface area contributed by atoms with Gasteiger partial charge >= 0.3 is 5.97 Å². The molecule has 1 heterocycles. The molecule has 0 spiro atoms. The topological polar surface area (TPSA) is 66.4 Å². The molecule has 0 saturated heterocycles. The second-order valence-electron chi connectivity index (χ2n) is 5.16. The maximum atomic E-state index is 11.6. The van der Waals surface area contributed by atoms with Gasteiger partial charge in [-0.15, -0.1) is 0 Å². The van der Waals surface area contributed by atoms with Crippen molar-refractivity contribution in [2.24, 2.45) is 5.16 Å². The Morgan fingerprint density at radius 2 is 1.92 bits per heavy atom. The van der Waals surface area contributed by atoms with Gasteiger partial charge in [0, 0.05) is 5.56 Å². The van der Waals surface area contributed by atoms with E-state index in [0.29, 0.717) is 17.2 Å². The predicted octanol–water partition coefficient (Wildman–Crippen LogP) is 2.90. The molecule has 0 aromatic heterocycles. The number of esters is 1. The SMILES string of the molecule is C/C(=N\OCC(=O)OCc1ccccc1)c1ccc2c(c1)OCO2. The fourth-order valence-corrected chi connectivity index (χ4v) is 2.14. The summed E-state index contributed by atoms with van der Waals surface area (Å²) in [5, 5.41) is 3.93. The van der Waals surface area contributed by atoms with E-state index in [2.05, 4.69) is 5.16 Å². The molecule has 2 aromatic rings. The van der Waals surface area contributed by atoms with Gasteiger partial charge in [-0.2, -0.15) is 0 Å². The Balaban J connectivity index is 1.47. The van der Waals surface area contributed by atoms with E-state index in [4.69, 9.17) is 19.0 Å². The molecule has 0 N–H and O–H groups in total. The molecule has 3 rings (SSSR count). The first-order valence-electron chi connectivity index (χ1n) is 7.48. The van der Waals surface area contributed by atoms with Gasteiger partial charge in [0.05, 0.1) is 5.71 Å². The van der Waals surface area contributed by atoms with Crippen LogP contribution in [0.25, 0.3) is 0 Å². The van der Waals surface area contributed by atoms with Crippen LogP contribution in [-0.4, -0.2) is 25.1 Å². The van der Waals surface area contributed by atoms with Crippen LogP contribution < -0.4 is 9.47 Å². The van der Waals surface area contributed by atoms with E-state index in [1.165, 1.54) is 0 Å². The second-order valence-corrected chi connectivity index (χ2v) is 5.16. The molecule has 0 saturated carbocycles. The van der Waals surface area contributed by atoms with Crippen molar-refractivity contribution in [3.05, 3.63) is 59.7 Å². The number of hydrogen-bond acceptors (Lipinski definition) is 6. The second kappa shape index (κ2) is 7.50. The van der Waals surface area contributed by atoms with E-state index in [9.17, 15) is 4.79 Å². The van der Waals surface area contributed by atoms with E-state index in [0.717, 1.165) is 11.1 Å². The summed E-state index contributed by atoms with van der Waals surface area (Å²) in [5.41, 5.74) is 2.38. The number of nitrogens with zero attached hydrogens (tertiary/aromatic N) is 1. The molecule has 0 unspecified atom stereocenters. The lowest BCUT2D eigenvalue weighted by molar-refractivity contribution is -0.150. The van der Waals surface area contributed by atoms with Crippen molar-refractivity contribution in [3.63, 3.8) is 0 Å². The fraction of sp³-hybridized carbons (Fsp3) is 0.222. The van der Waals surface area contributed by atoms with Crippen LogP contribution in [0.2, 0.25) is 0 Å². The number of benzene rings is 2. The van der Waals surface area contributed by atoms with Crippen molar-refractivity contribution in [2.45, 2.75) is 13.5 Å². The fourth-order valence-electron chi connectivity index (χ4n) is 2.14. The van der Waals surface area contributed by atoms with Crippen LogP contribution in [0.5, 0.6) is 11.5 Å². The van der Waals surface area contributed by atoms with Crippen LogP contribution in [0.15, 0.2) is 53.7 Å². The van der Waals surface area contributed by atoms with Crippen LogP contribution in [0, 0.1) is 0 Å². The number of hydrogen-bond donors (Lipinski definition) is 0. The van der Waals surface area contributed by atoms with Gasteiger partial charge in [0.2, 0.25) is 13.4 Å². The highest BCUT2D eigenvalue weighted by molar-refractivity contribution is 5.99. The monoisotopic (exact) mass is 327 g/mol.